The van der Waals surface area contributed by atoms with Crippen LogP contribution in [0.15, 0.2) is 30.5 Å². The minimum atomic E-state index is -0.0591. The smallest absolute Gasteiger partial charge is 0.251 e. The van der Waals surface area contributed by atoms with Crippen LogP contribution in [-0.4, -0.2) is 38.2 Å². The van der Waals surface area contributed by atoms with Crippen molar-refractivity contribution in [2.45, 2.75) is 26.8 Å². The minimum Gasteiger partial charge on any atom is -0.493 e. The van der Waals surface area contributed by atoms with Gasteiger partial charge in [-0.05, 0) is 47.7 Å². The fourth-order valence-corrected chi connectivity index (χ4v) is 3.21. The highest BCUT2D eigenvalue weighted by Gasteiger charge is 2.21. The van der Waals surface area contributed by atoms with Crippen LogP contribution in [0.1, 0.15) is 35.3 Å². The number of rotatable bonds is 6. The van der Waals surface area contributed by atoms with Crippen LogP contribution in [0.2, 0.25) is 0 Å². The molecule has 0 saturated heterocycles. The summed E-state index contributed by atoms with van der Waals surface area (Å²) in [5.74, 6) is 2.66. The lowest BCUT2D eigenvalue weighted by Crippen LogP contribution is -2.32. The van der Waals surface area contributed by atoms with Crippen molar-refractivity contribution in [2.24, 2.45) is 5.92 Å². The van der Waals surface area contributed by atoms with Crippen LogP contribution in [-0.2, 0) is 13.0 Å². The first-order valence-electron chi connectivity index (χ1n) is 9.24. The predicted molar refractivity (Wildman–Crippen MR) is 106 cm³/mol. The first kappa shape index (κ1) is 19.0. The van der Waals surface area contributed by atoms with Gasteiger partial charge >= 0.3 is 0 Å². The first-order chi connectivity index (χ1) is 13.0. The number of nitrogens with one attached hydrogen (secondary N) is 1. The summed E-state index contributed by atoms with van der Waals surface area (Å²) in [6.07, 6.45) is 2.59. The SMILES string of the molecule is COc1cc2c(cc1OC)CN(c1cc(C(=O)NCC(C)C)ccn1)CC2. The van der Waals surface area contributed by atoms with Gasteiger partial charge in [0.1, 0.15) is 5.82 Å². The Balaban J connectivity index is 1.79. The van der Waals surface area contributed by atoms with Gasteiger partial charge < -0.3 is 19.7 Å². The second kappa shape index (κ2) is 8.29. The van der Waals surface area contributed by atoms with Gasteiger partial charge in [-0.3, -0.25) is 4.79 Å². The number of carbonyl (C=O) groups is 1. The zero-order chi connectivity index (χ0) is 19.4. The number of hydrogen-bond acceptors (Lipinski definition) is 5. The third-order valence-corrected chi connectivity index (χ3v) is 4.72. The molecule has 1 aromatic heterocycles. The molecule has 6 nitrogen and oxygen atoms in total. The molecule has 0 atom stereocenters. The number of aromatic nitrogens is 1. The van der Waals surface area contributed by atoms with E-state index in [0.717, 1.165) is 36.8 Å². The standard InChI is InChI=1S/C21H27N3O3/c1-14(2)12-23-21(25)16-5-7-22-20(11-16)24-8-6-15-9-18(26-3)19(27-4)10-17(15)13-24/h5,7,9-11,14H,6,8,12-13H2,1-4H3,(H,23,25). The average Bonchev–Trinajstić information content (AvgIpc) is 2.70. The number of hydrogen-bond donors (Lipinski definition) is 1. The number of methoxy groups -OCH3 is 2. The Bertz CT molecular complexity index is 820. The molecule has 0 aliphatic carbocycles. The van der Waals surface area contributed by atoms with Crippen molar-refractivity contribution >= 4 is 11.7 Å². The maximum Gasteiger partial charge on any atom is 0.251 e. The third-order valence-electron chi connectivity index (χ3n) is 4.72. The van der Waals surface area contributed by atoms with Gasteiger partial charge in [-0.1, -0.05) is 13.8 Å². The van der Waals surface area contributed by atoms with E-state index >= 15 is 0 Å². The van der Waals surface area contributed by atoms with Gasteiger partial charge in [0.25, 0.3) is 5.91 Å². The van der Waals surface area contributed by atoms with Crippen LogP contribution in [0.3, 0.4) is 0 Å². The van der Waals surface area contributed by atoms with Crippen LogP contribution in [0.4, 0.5) is 5.82 Å². The molecular formula is C21H27N3O3. The monoisotopic (exact) mass is 369 g/mol. The molecule has 0 bridgehead atoms. The molecule has 1 aliphatic rings. The van der Waals surface area contributed by atoms with E-state index in [1.807, 2.05) is 12.1 Å². The average molecular weight is 369 g/mol. The molecule has 2 aromatic rings. The summed E-state index contributed by atoms with van der Waals surface area (Å²) in [5.41, 5.74) is 3.09. The Morgan fingerprint density at radius 2 is 1.89 bits per heavy atom. The van der Waals surface area contributed by atoms with Crippen molar-refractivity contribution in [1.29, 1.82) is 0 Å². The zero-order valence-electron chi connectivity index (χ0n) is 16.4. The quantitative estimate of drug-likeness (QED) is 0.848. The Morgan fingerprint density at radius 3 is 2.56 bits per heavy atom. The topological polar surface area (TPSA) is 63.7 Å². The van der Waals surface area contributed by atoms with Gasteiger partial charge in [0, 0.05) is 31.4 Å². The minimum absolute atomic E-state index is 0.0591. The number of benzene rings is 1. The Hall–Kier alpha value is -2.76. The molecule has 6 heteroatoms. The normalized spacial score (nSPS) is 13.3. The van der Waals surface area contributed by atoms with Crippen molar-refractivity contribution in [3.63, 3.8) is 0 Å². The zero-order valence-corrected chi connectivity index (χ0v) is 16.4. The Morgan fingerprint density at radius 1 is 1.19 bits per heavy atom. The van der Waals surface area contributed by atoms with E-state index in [0.29, 0.717) is 18.0 Å². The van der Waals surface area contributed by atoms with Crippen LogP contribution in [0.25, 0.3) is 0 Å². The summed E-state index contributed by atoms with van der Waals surface area (Å²) in [5, 5.41) is 2.96. The van der Waals surface area contributed by atoms with Crippen LogP contribution < -0.4 is 19.7 Å². The first-order valence-corrected chi connectivity index (χ1v) is 9.24. The van der Waals surface area contributed by atoms with Crippen molar-refractivity contribution in [3.05, 3.63) is 47.2 Å². The highest BCUT2D eigenvalue weighted by Crippen LogP contribution is 2.34. The Kier molecular flexibility index (Phi) is 5.84. The van der Waals surface area contributed by atoms with Crippen LogP contribution in [0.5, 0.6) is 11.5 Å². The van der Waals surface area contributed by atoms with Gasteiger partial charge in [0.05, 0.1) is 14.2 Å². The fourth-order valence-electron chi connectivity index (χ4n) is 3.21. The number of fused-ring (bicyclic) bond motifs is 1. The molecule has 1 aliphatic heterocycles. The molecule has 0 spiro atoms. The maximum absolute atomic E-state index is 12.3. The van der Waals surface area contributed by atoms with Gasteiger partial charge in [-0.25, -0.2) is 4.98 Å². The highest BCUT2D eigenvalue weighted by molar-refractivity contribution is 5.94. The van der Waals surface area contributed by atoms with Crippen molar-refractivity contribution < 1.29 is 14.3 Å². The Labute approximate surface area is 160 Å². The van der Waals surface area contributed by atoms with Crippen LogP contribution >= 0.6 is 0 Å². The molecule has 0 unspecified atom stereocenters. The van der Waals surface area contributed by atoms with E-state index in [4.69, 9.17) is 9.47 Å². The summed E-state index contributed by atoms with van der Waals surface area (Å²) in [7, 11) is 3.30. The van der Waals surface area contributed by atoms with Crippen molar-refractivity contribution in [3.8, 4) is 11.5 Å². The molecular weight excluding hydrogens is 342 g/mol. The van der Waals surface area contributed by atoms with E-state index in [9.17, 15) is 4.79 Å². The summed E-state index contributed by atoms with van der Waals surface area (Å²) in [4.78, 5) is 19.0. The second-order valence-corrected chi connectivity index (χ2v) is 7.15. The largest absolute Gasteiger partial charge is 0.493 e. The van der Waals surface area contributed by atoms with Crippen molar-refractivity contribution in [2.75, 3.05) is 32.2 Å². The van der Waals surface area contributed by atoms with Gasteiger partial charge in [0.15, 0.2) is 11.5 Å². The molecule has 1 amide bonds. The molecule has 0 radical (unpaired) electrons. The number of pyridine rings is 1. The number of carbonyl (C=O) groups excluding carboxylic acids is 1. The van der Waals surface area contributed by atoms with Gasteiger partial charge in [-0.15, -0.1) is 0 Å². The summed E-state index contributed by atoms with van der Waals surface area (Å²) >= 11 is 0. The molecule has 0 fully saturated rings. The van der Waals surface area contributed by atoms with E-state index in [1.54, 1.807) is 26.5 Å². The number of amides is 1. The summed E-state index contributed by atoms with van der Waals surface area (Å²) in [6, 6.07) is 7.70. The third kappa shape index (κ3) is 4.32. The van der Waals surface area contributed by atoms with E-state index in [2.05, 4.69) is 35.1 Å². The van der Waals surface area contributed by atoms with Crippen LogP contribution in [0, 0.1) is 5.92 Å². The lowest BCUT2D eigenvalue weighted by molar-refractivity contribution is 0.0949. The number of nitrogens with zero attached hydrogens (tertiary/aromatic N) is 2. The lowest BCUT2D eigenvalue weighted by atomic mass is 9.98. The molecule has 1 aromatic carbocycles. The van der Waals surface area contributed by atoms with Gasteiger partial charge in [-0.2, -0.15) is 0 Å². The van der Waals surface area contributed by atoms with E-state index in [1.165, 1.54) is 11.1 Å². The summed E-state index contributed by atoms with van der Waals surface area (Å²) < 4.78 is 10.8. The molecule has 3 rings (SSSR count). The van der Waals surface area contributed by atoms with Crippen molar-refractivity contribution in [1.82, 2.24) is 10.3 Å². The lowest BCUT2D eigenvalue weighted by Gasteiger charge is -2.30. The molecule has 144 valence electrons. The second-order valence-electron chi connectivity index (χ2n) is 7.15. The molecule has 27 heavy (non-hydrogen) atoms. The molecule has 0 saturated carbocycles. The molecule has 1 N–H and O–H groups in total. The van der Waals surface area contributed by atoms with E-state index < -0.39 is 0 Å². The predicted octanol–water partition coefficient (Wildman–Crippen LogP) is 3.05. The maximum atomic E-state index is 12.3. The van der Waals surface area contributed by atoms with Gasteiger partial charge in [0.2, 0.25) is 0 Å². The highest BCUT2D eigenvalue weighted by atomic mass is 16.5. The summed E-state index contributed by atoms with van der Waals surface area (Å²) in [6.45, 7) is 6.38. The molecule has 2 heterocycles. The number of anilines is 1. The fraction of sp³-hybridized carbons (Fsp3) is 0.429. The number of ether oxygens (including phenoxy) is 2. The van der Waals surface area contributed by atoms with E-state index in [-0.39, 0.29) is 5.91 Å².